The summed E-state index contributed by atoms with van der Waals surface area (Å²) < 4.78 is 1.62. The molecule has 0 radical (unpaired) electrons. The minimum absolute atomic E-state index is 0.0516. The Labute approximate surface area is 116 Å². The monoisotopic (exact) mass is 275 g/mol. The molecule has 20 heavy (non-hydrogen) atoms. The fourth-order valence-electron chi connectivity index (χ4n) is 2.77. The smallest absolute Gasteiger partial charge is 0.354 e. The summed E-state index contributed by atoms with van der Waals surface area (Å²) in [7, 11) is 1.77. The van der Waals surface area contributed by atoms with Crippen molar-refractivity contribution >= 4 is 5.97 Å². The Hall–Kier alpha value is -2.18. The van der Waals surface area contributed by atoms with Gasteiger partial charge in [0.15, 0.2) is 17.3 Å². The number of rotatable bonds is 3. The van der Waals surface area contributed by atoms with Crippen LogP contribution in [0, 0.1) is 0 Å². The molecule has 106 valence electrons. The summed E-state index contributed by atoms with van der Waals surface area (Å²) in [6, 6.07) is 0. The second kappa shape index (κ2) is 5.07. The molecule has 1 fully saturated rings. The number of aromatic carboxylic acids is 1. The van der Waals surface area contributed by atoms with Gasteiger partial charge < -0.3 is 10.1 Å². The van der Waals surface area contributed by atoms with Crippen LogP contribution in [0.15, 0.2) is 6.33 Å². The number of carbonyl (C=O) groups is 1. The van der Waals surface area contributed by atoms with Gasteiger partial charge in [-0.3, -0.25) is 0 Å². The fourth-order valence-corrected chi connectivity index (χ4v) is 2.77. The van der Waals surface area contributed by atoms with Crippen LogP contribution in [-0.2, 0) is 7.05 Å². The third kappa shape index (κ3) is 2.19. The van der Waals surface area contributed by atoms with Crippen molar-refractivity contribution in [3.63, 3.8) is 0 Å². The van der Waals surface area contributed by atoms with Crippen LogP contribution < -0.4 is 0 Å². The Kier molecular flexibility index (Phi) is 3.25. The molecule has 0 aliphatic heterocycles. The van der Waals surface area contributed by atoms with E-state index in [1.54, 1.807) is 11.7 Å². The molecule has 2 aromatic rings. The predicted molar refractivity (Wildman–Crippen MR) is 71.4 cm³/mol. The number of aromatic amines is 1. The van der Waals surface area contributed by atoms with Crippen LogP contribution in [0.2, 0.25) is 0 Å². The number of nitrogens with zero attached hydrogens (tertiary/aromatic N) is 4. The van der Waals surface area contributed by atoms with E-state index >= 15 is 0 Å². The van der Waals surface area contributed by atoms with Crippen LogP contribution in [0.4, 0.5) is 0 Å². The highest BCUT2D eigenvalue weighted by atomic mass is 16.4. The summed E-state index contributed by atoms with van der Waals surface area (Å²) in [4.78, 5) is 22.4. The topological polar surface area (TPSA) is 96.7 Å². The zero-order chi connectivity index (χ0) is 14.1. The molecule has 2 N–H and O–H groups in total. The van der Waals surface area contributed by atoms with E-state index in [2.05, 4.69) is 20.1 Å². The van der Waals surface area contributed by atoms with Crippen LogP contribution in [0.3, 0.4) is 0 Å². The lowest BCUT2D eigenvalue weighted by atomic mass is 9.89. The van der Waals surface area contributed by atoms with Crippen LogP contribution >= 0.6 is 0 Å². The molecule has 1 aliphatic carbocycles. The van der Waals surface area contributed by atoms with Crippen molar-refractivity contribution in [3.8, 4) is 11.5 Å². The van der Waals surface area contributed by atoms with E-state index in [1.807, 2.05) is 0 Å². The number of nitrogens with one attached hydrogen (secondary N) is 1. The molecule has 1 saturated carbocycles. The van der Waals surface area contributed by atoms with E-state index in [1.165, 1.54) is 25.6 Å². The third-order valence-corrected chi connectivity index (χ3v) is 3.81. The molecule has 2 heterocycles. The highest BCUT2D eigenvalue weighted by molar-refractivity contribution is 5.91. The SMILES string of the molecule is Cn1nc(C2CCCCC2)nc1-c1nc[nH]c1C(=O)O. The summed E-state index contributed by atoms with van der Waals surface area (Å²) in [5.74, 6) is 0.654. The van der Waals surface area contributed by atoms with Crippen LogP contribution in [0.1, 0.15) is 54.3 Å². The Morgan fingerprint density at radius 1 is 1.40 bits per heavy atom. The molecule has 0 bridgehead atoms. The van der Waals surface area contributed by atoms with Gasteiger partial charge in [0.25, 0.3) is 0 Å². The number of hydrogen-bond acceptors (Lipinski definition) is 4. The van der Waals surface area contributed by atoms with Crippen LogP contribution in [0.25, 0.3) is 11.5 Å². The second-order valence-corrected chi connectivity index (χ2v) is 5.18. The molecule has 1 aliphatic rings. The Morgan fingerprint density at radius 3 is 2.85 bits per heavy atom. The van der Waals surface area contributed by atoms with Gasteiger partial charge in [0.2, 0.25) is 0 Å². The molecule has 0 unspecified atom stereocenters. The maximum absolute atomic E-state index is 11.1. The minimum atomic E-state index is -1.04. The lowest BCUT2D eigenvalue weighted by molar-refractivity contribution is 0.0692. The summed E-state index contributed by atoms with van der Waals surface area (Å²) in [6.07, 6.45) is 7.28. The highest BCUT2D eigenvalue weighted by Crippen LogP contribution is 2.31. The summed E-state index contributed by atoms with van der Waals surface area (Å²) in [6.45, 7) is 0. The first-order chi connectivity index (χ1) is 9.66. The first-order valence-electron chi connectivity index (χ1n) is 6.85. The maximum Gasteiger partial charge on any atom is 0.354 e. The first kappa shape index (κ1) is 12.8. The van der Waals surface area contributed by atoms with Gasteiger partial charge in [0.1, 0.15) is 5.69 Å². The van der Waals surface area contributed by atoms with E-state index in [4.69, 9.17) is 5.11 Å². The number of hydrogen-bond donors (Lipinski definition) is 2. The first-order valence-corrected chi connectivity index (χ1v) is 6.85. The molecule has 0 amide bonds. The molecule has 7 nitrogen and oxygen atoms in total. The lowest BCUT2D eigenvalue weighted by Gasteiger charge is -2.18. The zero-order valence-electron chi connectivity index (χ0n) is 11.3. The lowest BCUT2D eigenvalue weighted by Crippen LogP contribution is -2.06. The van der Waals surface area contributed by atoms with Crippen molar-refractivity contribution in [1.82, 2.24) is 24.7 Å². The molecule has 7 heteroatoms. The number of carboxylic acids is 1. The van der Waals surface area contributed by atoms with Crippen LogP contribution in [0.5, 0.6) is 0 Å². The normalized spacial score (nSPS) is 16.4. The molecule has 3 rings (SSSR count). The molecule has 0 atom stereocenters. The van der Waals surface area contributed by atoms with Gasteiger partial charge in [-0.25, -0.2) is 19.4 Å². The largest absolute Gasteiger partial charge is 0.477 e. The Morgan fingerprint density at radius 2 is 2.15 bits per heavy atom. The van der Waals surface area contributed by atoms with Crippen molar-refractivity contribution in [2.24, 2.45) is 7.05 Å². The van der Waals surface area contributed by atoms with Crippen molar-refractivity contribution in [1.29, 1.82) is 0 Å². The second-order valence-electron chi connectivity index (χ2n) is 5.18. The van der Waals surface area contributed by atoms with Gasteiger partial charge in [-0.15, -0.1) is 0 Å². The van der Waals surface area contributed by atoms with Crippen LogP contribution in [-0.4, -0.2) is 35.8 Å². The molecule has 0 saturated heterocycles. The average molecular weight is 275 g/mol. The number of aryl methyl sites for hydroxylation is 1. The van der Waals surface area contributed by atoms with Crippen molar-refractivity contribution in [3.05, 3.63) is 17.8 Å². The van der Waals surface area contributed by atoms with Gasteiger partial charge in [0, 0.05) is 13.0 Å². The van der Waals surface area contributed by atoms with Gasteiger partial charge >= 0.3 is 5.97 Å². The van der Waals surface area contributed by atoms with E-state index in [-0.39, 0.29) is 5.69 Å². The molecule has 0 aromatic carbocycles. The maximum atomic E-state index is 11.1. The predicted octanol–water partition coefficient (Wildman–Crippen LogP) is 1.95. The number of aromatic nitrogens is 5. The van der Waals surface area contributed by atoms with E-state index < -0.39 is 5.97 Å². The average Bonchev–Trinajstić information content (AvgIpc) is 3.05. The van der Waals surface area contributed by atoms with Crippen molar-refractivity contribution in [2.45, 2.75) is 38.0 Å². The molecular formula is C13H17N5O2. The van der Waals surface area contributed by atoms with E-state index in [0.717, 1.165) is 18.7 Å². The summed E-state index contributed by atoms with van der Waals surface area (Å²) in [5, 5.41) is 13.6. The molecular weight excluding hydrogens is 258 g/mol. The fraction of sp³-hybridized carbons (Fsp3) is 0.538. The van der Waals surface area contributed by atoms with Crippen molar-refractivity contribution in [2.75, 3.05) is 0 Å². The molecule has 2 aromatic heterocycles. The highest BCUT2D eigenvalue weighted by Gasteiger charge is 2.24. The van der Waals surface area contributed by atoms with Crippen molar-refractivity contribution < 1.29 is 9.90 Å². The quantitative estimate of drug-likeness (QED) is 0.892. The summed E-state index contributed by atoms with van der Waals surface area (Å²) >= 11 is 0. The van der Waals surface area contributed by atoms with E-state index in [9.17, 15) is 4.79 Å². The molecule has 0 spiro atoms. The van der Waals surface area contributed by atoms with E-state index in [0.29, 0.717) is 17.4 Å². The van der Waals surface area contributed by atoms with Gasteiger partial charge in [-0.1, -0.05) is 19.3 Å². The standard InChI is InChI=1S/C13H17N5O2/c1-18-12(9-10(13(19)20)15-7-14-9)16-11(17-18)8-5-3-2-4-6-8/h7-8H,2-6H2,1H3,(H,14,15)(H,19,20). The van der Waals surface area contributed by atoms with Gasteiger partial charge in [0.05, 0.1) is 6.33 Å². The zero-order valence-corrected chi connectivity index (χ0v) is 11.3. The number of imidazole rings is 1. The Bertz CT molecular complexity index is 624. The van der Waals surface area contributed by atoms with Gasteiger partial charge in [-0.05, 0) is 12.8 Å². The third-order valence-electron chi connectivity index (χ3n) is 3.81. The number of H-pyrrole nitrogens is 1. The number of carboxylic acid groups (broad SMARTS) is 1. The Balaban J connectivity index is 1.96. The minimum Gasteiger partial charge on any atom is -0.477 e. The van der Waals surface area contributed by atoms with Gasteiger partial charge in [-0.2, -0.15) is 5.10 Å². The summed E-state index contributed by atoms with van der Waals surface area (Å²) in [5.41, 5.74) is 0.394.